The molecule has 1 unspecified atom stereocenters. The highest BCUT2D eigenvalue weighted by atomic mass is 16.5. The highest BCUT2D eigenvalue weighted by molar-refractivity contribution is 5.79. The summed E-state index contributed by atoms with van der Waals surface area (Å²) in [6.45, 7) is 1.88. The van der Waals surface area contributed by atoms with Gasteiger partial charge in [-0.15, -0.1) is 0 Å². The van der Waals surface area contributed by atoms with Gasteiger partial charge in [-0.25, -0.2) is 0 Å². The number of ether oxygens (including phenoxy) is 1. The average Bonchev–Trinajstić information content (AvgIpc) is 2.53. The topological polar surface area (TPSA) is 55.6 Å². The molecule has 1 fully saturated rings. The van der Waals surface area contributed by atoms with Gasteiger partial charge >= 0.3 is 0 Å². The highest BCUT2D eigenvalue weighted by Gasteiger charge is 2.27. The fraction of sp³-hybridized carbons (Fsp3) is 0.562. The van der Waals surface area contributed by atoms with E-state index in [2.05, 4.69) is 0 Å². The summed E-state index contributed by atoms with van der Waals surface area (Å²) in [6, 6.07) is 10.4. The van der Waals surface area contributed by atoms with E-state index < -0.39 is 0 Å². The Hall–Kier alpha value is -1.39. The molecule has 0 aliphatic carbocycles. The third-order valence-electron chi connectivity index (χ3n) is 4.04. The second kappa shape index (κ2) is 7.41. The Kier molecular flexibility index (Phi) is 5.56. The van der Waals surface area contributed by atoms with E-state index in [0.29, 0.717) is 19.0 Å². The smallest absolute Gasteiger partial charge is 0.227 e. The normalized spacial score (nSPS) is 17.7. The number of nitrogens with zero attached hydrogens (tertiary/aromatic N) is 1. The molecule has 1 atom stereocenters. The number of rotatable bonds is 5. The summed E-state index contributed by atoms with van der Waals surface area (Å²) >= 11 is 0. The van der Waals surface area contributed by atoms with Gasteiger partial charge in [0.1, 0.15) is 0 Å². The maximum atomic E-state index is 12.6. The summed E-state index contributed by atoms with van der Waals surface area (Å²) in [5, 5.41) is 0. The van der Waals surface area contributed by atoms with Crippen molar-refractivity contribution in [3.05, 3.63) is 35.9 Å². The van der Waals surface area contributed by atoms with E-state index in [1.54, 1.807) is 0 Å². The molecule has 0 spiro atoms. The largest absolute Gasteiger partial charge is 0.381 e. The molecular weight excluding hydrogens is 252 g/mol. The first kappa shape index (κ1) is 15.0. The van der Waals surface area contributed by atoms with Gasteiger partial charge in [0.05, 0.1) is 5.92 Å². The van der Waals surface area contributed by atoms with Gasteiger partial charge in [0, 0.05) is 32.8 Å². The molecule has 4 heteroatoms. The summed E-state index contributed by atoms with van der Waals surface area (Å²) in [5.74, 6) is 0.0218. The van der Waals surface area contributed by atoms with Gasteiger partial charge in [0.15, 0.2) is 0 Å². The van der Waals surface area contributed by atoms with Gasteiger partial charge < -0.3 is 15.4 Å². The molecule has 110 valence electrons. The first-order chi connectivity index (χ1) is 9.72. The molecule has 2 rings (SSSR count). The summed E-state index contributed by atoms with van der Waals surface area (Å²) in [6.07, 6.45) is 2.56. The number of hydrogen-bond acceptors (Lipinski definition) is 3. The number of carbonyl (C=O) groups excluding carboxylic acids is 1. The lowest BCUT2D eigenvalue weighted by atomic mass is 9.96. The molecule has 1 saturated heterocycles. The number of carbonyl (C=O) groups is 1. The quantitative estimate of drug-likeness (QED) is 0.885. The van der Waals surface area contributed by atoms with Gasteiger partial charge in [-0.2, -0.15) is 0 Å². The number of benzene rings is 1. The van der Waals surface area contributed by atoms with Crippen LogP contribution in [0.15, 0.2) is 30.3 Å². The zero-order valence-corrected chi connectivity index (χ0v) is 12.1. The fourth-order valence-corrected chi connectivity index (χ4v) is 2.71. The molecule has 1 aromatic rings. The molecule has 1 aromatic carbocycles. The summed E-state index contributed by atoms with van der Waals surface area (Å²) in [7, 11) is 1.89. The van der Waals surface area contributed by atoms with Gasteiger partial charge in [0.2, 0.25) is 5.91 Å². The van der Waals surface area contributed by atoms with E-state index in [9.17, 15) is 4.79 Å². The molecule has 0 saturated carbocycles. The predicted octanol–water partition coefficient (Wildman–Crippen LogP) is 1.44. The first-order valence-electron chi connectivity index (χ1n) is 7.30. The standard InChI is InChI=1S/C16H24N2O2/c1-18(15-7-9-20-10-8-15)16(19)14(12-17)11-13-5-3-2-4-6-13/h2-6,14-15H,7-12,17H2,1H3. The lowest BCUT2D eigenvalue weighted by Crippen LogP contribution is -2.45. The number of nitrogens with two attached hydrogens (primary N) is 1. The van der Waals surface area contributed by atoms with Crippen molar-refractivity contribution in [3.63, 3.8) is 0 Å². The van der Waals surface area contributed by atoms with Gasteiger partial charge in [-0.05, 0) is 24.8 Å². The van der Waals surface area contributed by atoms with Crippen LogP contribution in [0.1, 0.15) is 18.4 Å². The number of amides is 1. The van der Waals surface area contributed by atoms with Crippen LogP contribution in [0.3, 0.4) is 0 Å². The van der Waals surface area contributed by atoms with Crippen molar-refractivity contribution < 1.29 is 9.53 Å². The Morgan fingerprint density at radius 2 is 2.00 bits per heavy atom. The Morgan fingerprint density at radius 1 is 1.35 bits per heavy atom. The molecular formula is C16H24N2O2. The summed E-state index contributed by atoms with van der Waals surface area (Å²) < 4.78 is 5.35. The van der Waals surface area contributed by atoms with Crippen molar-refractivity contribution >= 4 is 5.91 Å². The van der Waals surface area contributed by atoms with Crippen LogP contribution < -0.4 is 5.73 Å². The Bertz CT molecular complexity index is 416. The first-order valence-corrected chi connectivity index (χ1v) is 7.30. The molecule has 1 aliphatic rings. The monoisotopic (exact) mass is 276 g/mol. The lowest BCUT2D eigenvalue weighted by Gasteiger charge is -2.33. The second-order valence-electron chi connectivity index (χ2n) is 5.42. The second-order valence-corrected chi connectivity index (χ2v) is 5.42. The van der Waals surface area contributed by atoms with Gasteiger partial charge in [-0.1, -0.05) is 30.3 Å². The van der Waals surface area contributed by atoms with Crippen molar-refractivity contribution in [2.45, 2.75) is 25.3 Å². The minimum Gasteiger partial charge on any atom is -0.381 e. The Morgan fingerprint density at radius 3 is 2.60 bits per heavy atom. The maximum absolute atomic E-state index is 12.6. The SMILES string of the molecule is CN(C(=O)C(CN)Cc1ccccc1)C1CCOCC1. The van der Waals surface area contributed by atoms with Crippen molar-refractivity contribution in [1.82, 2.24) is 4.90 Å². The van der Waals surface area contributed by atoms with Crippen LogP contribution in [0.25, 0.3) is 0 Å². The Balaban J connectivity index is 1.97. The van der Waals surface area contributed by atoms with E-state index in [-0.39, 0.29) is 11.8 Å². The van der Waals surface area contributed by atoms with Crippen LogP contribution in [0, 0.1) is 5.92 Å². The minimum atomic E-state index is -0.134. The summed E-state index contributed by atoms with van der Waals surface area (Å²) in [4.78, 5) is 14.5. The highest BCUT2D eigenvalue weighted by Crippen LogP contribution is 2.17. The molecule has 20 heavy (non-hydrogen) atoms. The molecule has 0 aromatic heterocycles. The maximum Gasteiger partial charge on any atom is 0.227 e. The van der Waals surface area contributed by atoms with Gasteiger partial charge in [0.25, 0.3) is 0 Å². The van der Waals surface area contributed by atoms with Crippen LogP contribution in [0.4, 0.5) is 0 Å². The Labute approximate surface area is 120 Å². The molecule has 1 heterocycles. The van der Waals surface area contributed by atoms with Gasteiger partial charge in [-0.3, -0.25) is 4.79 Å². The van der Waals surface area contributed by atoms with Crippen LogP contribution in [0.2, 0.25) is 0 Å². The van der Waals surface area contributed by atoms with E-state index in [1.807, 2.05) is 42.3 Å². The zero-order valence-electron chi connectivity index (χ0n) is 12.1. The van der Waals surface area contributed by atoms with E-state index >= 15 is 0 Å². The molecule has 1 amide bonds. The summed E-state index contributed by atoms with van der Waals surface area (Å²) in [5.41, 5.74) is 6.98. The van der Waals surface area contributed by atoms with E-state index in [0.717, 1.165) is 31.6 Å². The zero-order chi connectivity index (χ0) is 14.4. The van der Waals surface area contributed by atoms with Crippen LogP contribution in [0.5, 0.6) is 0 Å². The van der Waals surface area contributed by atoms with Crippen molar-refractivity contribution in [3.8, 4) is 0 Å². The minimum absolute atomic E-state index is 0.134. The third-order valence-corrected chi connectivity index (χ3v) is 4.04. The van der Waals surface area contributed by atoms with Crippen LogP contribution >= 0.6 is 0 Å². The lowest BCUT2D eigenvalue weighted by molar-refractivity contribution is -0.137. The molecule has 4 nitrogen and oxygen atoms in total. The predicted molar refractivity (Wildman–Crippen MR) is 79.3 cm³/mol. The van der Waals surface area contributed by atoms with E-state index in [1.165, 1.54) is 0 Å². The average molecular weight is 276 g/mol. The molecule has 1 aliphatic heterocycles. The molecule has 0 radical (unpaired) electrons. The van der Waals surface area contributed by atoms with E-state index in [4.69, 9.17) is 10.5 Å². The van der Waals surface area contributed by atoms with Crippen molar-refractivity contribution in [2.24, 2.45) is 11.7 Å². The van der Waals surface area contributed by atoms with Crippen LogP contribution in [-0.2, 0) is 16.0 Å². The third kappa shape index (κ3) is 3.81. The number of hydrogen-bond donors (Lipinski definition) is 1. The molecule has 2 N–H and O–H groups in total. The molecule has 0 bridgehead atoms. The van der Waals surface area contributed by atoms with Crippen LogP contribution in [-0.4, -0.2) is 43.7 Å². The fourth-order valence-electron chi connectivity index (χ4n) is 2.71. The van der Waals surface area contributed by atoms with Crippen molar-refractivity contribution in [1.29, 1.82) is 0 Å². The van der Waals surface area contributed by atoms with Crippen molar-refractivity contribution in [2.75, 3.05) is 26.8 Å².